The summed E-state index contributed by atoms with van der Waals surface area (Å²) < 4.78 is 13.2. The van der Waals surface area contributed by atoms with Crippen molar-refractivity contribution in [3.8, 4) is 0 Å². The Bertz CT molecular complexity index is 572. The maximum Gasteiger partial charge on any atom is 0.129 e. The van der Waals surface area contributed by atoms with E-state index in [1.807, 2.05) is 0 Å². The number of nitrogens with two attached hydrogens (primary N) is 1. The lowest BCUT2D eigenvalue weighted by molar-refractivity contribution is 0.220. The summed E-state index contributed by atoms with van der Waals surface area (Å²) in [6.45, 7) is 0. The monoisotopic (exact) mass is 286 g/mol. The van der Waals surface area contributed by atoms with Crippen LogP contribution in [0.15, 0.2) is 30.5 Å². The van der Waals surface area contributed by atoms with Gasteiger partial charge in [-0.2, -0.15) is 0 Å². The molecule has 1 aromatic carbocycles. The number of nitrogens with zero attached hydrogens (tertiary/aromatic N) is 1. The molecule has 3 N–H and O–H groups in total. The van der Waals surface area contributed by atoms with Crippen LogP contribution >= 0.6 is 23.2 Å². The molecule has 94 valence electrons. The summed E-state index contributed by atoms with van der Waals surface area (Å²) in [5.41, 5.74) is 6.24. The summed E-state index contributed by atoms with van der Waals surface area (Å²) in [6.07, 6.45) is 0.232. The molecule has 0 aliphatic rings. The summed E-state index contributed by atoms with van der Waals surface area (Å²) >= 11 is 11.5. The van der Waals surface area contributed by atoms with Crippen LogP contribution in [0, 0.1) is 5.82 Å². The Morgan fingerprint density at radius 1 is 1.17 bits per heavy atom. The highest BCUT2D eigenvalue weighted by Gasteiger charge is 2.16. The highest BCUT2D eigenvalue weighted by Crippen LogP contribution is 2.29. The molecule has 18 heavy (non-hydrogen) atoms. The van der Waals surface area contributed by atoms with Crippen LogP contribution in [0.1, 0.15) is 17.2 Å². The minimum atomic E-state index is -1.13. The number of benzene rings is 1. The molecule has 0 amide bonds. The van der Waals surface area contributed by atoms with Crippen molar-refractivity contribution in [2.45, 2.75) is 6.10 Å². The van der Waals surface area contributed by atoms with E-state index >= 15 is 0 Å². The maximum atomic E-state index is 13.2. The molecule has 0 bridgehead atoms. The second-order valence-corrected chi connectivity index (χ2v) is 4.61. The molecule has 0 fully saturated rings. The lowest BCUT2D eigenvalue weighted by Gasteiger charge is -2.14. The van der Waals surface area contributed by atoms with Gasteiger partial charge in [0.1, 0.15) is 17.7 Å². The van der Waals surface area contributed by atoms with E-state index in [1.54, 1.807) is 0 Å². The number of hydrogen-bond donors (Lipinski definition) is 2. The predicted molar refractivity (Wildman–Crippen MR) is 69.1 cm³/mol. The van der Waals surface area contributed by atoms with Crippen molar-refractivity contribution in [1.29, 1.82) is 0 Å². The molecule has 0 aliphatic carbocycles. The van der Waals surface area contributed by atoms with Crippen LogP contribution in [0.2, 0.25) is 10.0 Å². The van der Waals surface area contributed by atoms with E-state index in [1.165, 1.54) is 24.4 Å². The van der Waals surface area contributed by atoms with Crippen LogP contribution in [-0.2, 0) is 0 Å². The summed E-state index contributed by atoms with van der Waals surface area (Å²) in [6, 6.07) is 5.26. The molecule has 0 spiro atoms. The minimum Gasteiger partial charge on any atom is -0.384 e. The quantitative estimate of drug-likeness (QED) is 0.891. The number of rotatable bonds is 2. The first-order chi connectivity index (χ1) is 8.47. The first kappa shape index (κ1) is 13.1. The van der Waals surface area contributed by atoms with Crippen LogP contribution in [-0.4, -0.2) is 10.1 Å². The zero-order valence-electron chi connectivity index (χ0n) is 9.07. The molecule has 6 heteroatoms. The van der Waals surface area contributed by atoms with Gasteiger partial charge >= 0.3 is 0 Å². The number of aromatic nitrogens is 1. The first-order valence-electron chi connectivity index (χ1n) is 5.02. The van der Waals surface area contributed by atoms with Crippen molar-refractivity contribution in [1.82, 2.24) is 4.98 Å². The Morgan fingerprint density at radius 3 is 2.56 bits per heavy atom. The van der Waals surface area contributed by atoms with Gasteiger partial charge in [-0.15, -0.1) is 0 Å². The van der Waals surface area contributed by atoms with E-state index in [0.717, 1.165) is 6.07 Å². The van der Waals surface area contributed by atoms with Gasteiger partial charge in [-0.3, -0.25) is 0 Å². The third kappa shape index (κ3) is 2.72. The third-order valence-electron chi connectivity index (χ3n) is 2.41. The fourth-order valence-electron chi connectivity index (χ4n) is 1.60. The second-order valence-electron chi connectivity index (χ2n) is 3.73. The molecule has 1 atom stereocenters. The molecule has 2 rings (SSSR count). The van der Waals surface area contributed by atoms with Gasteiger partial charge in [-0.25, -0.2) is 9.37 Å². The summed E-state index contributed by atoms with van der Waals surface area (Å²) in [5.74, 6) is -0.405. The van der Waals surface area contributed by atoms with Crippen molar-refractivity contribution in [3.05, 3.63) is 57.5 Å². The number of pyridine rings is 1. The highest BCUT2D eigenvalue weighted by atomic mass is 35.5. The third-order valence-corrected chi connectivity index (χ3v) is 2.84. The normalized spacial score (nSPS) is 12.4. The molecule has 3 nitrogen and oxygen atoms in total. The lowest BCUT2D eigenvalue weighted by atomic mass is 10.0. The second kappa shape index (κ2) is 5.10. The van der Waals surface area contributed by atoms with Crippen molar-refractivity contribution in [3.63, 3.8) is 0 Å². The molecule has 0 saturated heterocycles. The SMILES string of the molecule is Nc1ncc(Cl)cc1C(O)c1cc(F)cc(Cl)c1. The van der Waals surface area contributed by atoms with Gasteiger partial charge in [0.2, 0.25) is 0 Å². The Balaban J connectivity index is 2.47. The molecule has 1 heterocycles. The summed E-state index contributed by atoms with van der Waals surface area (Å²) in [4.78, 5) is 3.83. The van der Waals surface area contributed by atoms with Gasteiger partial charge in [0.25, 0.3) is 0 Å². The topological polar surface area (TPSA) is 59.1 Å². The lowest BCUT2D eigenvalue weighted by Crippen LogP contribution is -2.06. The van der Waals surface area contributed by atoms with E-state index in [0.29, 0.717) is 10.6 Å². The Morgan fingerprint density at radius 2 is 1.89 bits per heavy atom. The summed E-state index contributed by atoms with van der Waals surface area (Å²) in [7, 11) is 0. The van der Waals surface area contributed by atoms with Crippen molar-refractivity contribution in [2.24, 2.45) is 0 Å². The number of aliphatic hydroxyl groups excluding tert-OH is 1. The Hall–Kier alpha value is -1.36. The van der Waals surface area contributed by atoms with Crippen LogP contribution in [0.25, 0.3) is 0 Å². The van der Waals surface area contributed by atoms with Crippen molar-refractivity contribution >= 4 is 29.0 Å². The predicted octanol–water partition coefficient (Wildman–Crippen LogP) is 3.19. The highest BCUT2D eigenvalue weighted by molar-refractivity contribution is 6.31. The molecule has 0 radical (unpaired) electrons. The molecule has 2 aromatic rings. The van der Waals surface area contributed by atoms with Crippen LogP contribution in [0.4, 0.5) is 10.2 Å². The number of hydrogen-bond acceptors (Lipinski definition) is 3. The largest absolute Gasteiger partial charge is 0.384 e. The van der Waals surface area contributed by atoms with Crippen LogP contribution in [0.3, 0.4) is 0 Å². The smallest absolute Gasteiger partial charge is 0.129 e. The van der Waals surface area contributed by atoms with Gasteiger partial charge in [0.15, 0.2) is 0 Å². The van der Waals surface area contributed by atoms with E-state index in [4.69, 9.17) is 28.9 Å². The van der Waals surface area contributed by atoms with E-state index in [9.17, 15) is 9.50 Å². The molecule has 1 unspecified atom stereocenters. The number of nitrogen functional groups attached to an aromatic ring is 1. The molecule has 1 aromatic heterocycles. The molecular weight excluding hydrogens is 278 g/mol. The number of anilines is 1. The minimum absolute atomic E-state index is 0.132. The first-order valence-corrected chi connectivity index (χ1v) is 5.78. The molecule has 0 saturated carbocycles. The number of halogens is 3. The van der Waals surface area contributed by atoms with E-state index in [2.05, 4.69) is 4.98 Å². The zero-order valence-corrected chi connectivity index (χ0v) is 10.6. The van der Waals surface area contributed by atoms with Crippen LogP contribution in [0.5, 0.6) is 0 Å². The van der Waals surface area contributed by atoms with E-state index in [-0.39, 0.29) is 16.4 Å². The Labute approximate surface area is 113 Å². The molecular formula is C12H9Cl2FN2O. The van der Waals surface area contributed by atoms with Crippen molar-refractivity contribution in [2.75, 3.05) is 5.73 Å². The zero-order chi connectivity index (χ0) is 13.3. The summed E-state index contributed by atoms with van der Waals surface area (Å²) in [5, 5.41) is 10.7. The fourth-order valence-corrected chi connectivity index (χ4v) is 1.99. The van der Waals surface area contributed by atoms with Gasteiger partial charge in [-0.05, 0) is 29.8 Å². The average molecular weight is 287 g/mol. The van der Waals surface area contributed by atoms with Gasteiger partial charge in [0.05, 0.1) is 5.02 Å². The maximum absolute atomic E-state index is 13.2. The fraction of sp³-hybridized carbons (Fsp3) is 0.0833. The van der Waals surface area contributed by atoms with Gasteiger partial charge < -0.3 is 10.8 Å². The van der Waals surface area contributed by atoms with Gasteiger partial charge in [-0.1, -0.05) is 23.2 Å². The molecule has 0 aliphatic heterocycles. The van der Waals surface area contributed by atoms with Crippen molar-refractivity contribution < 1.29 is 9.50 Å². The van der Waals surface area contributed by atoms with Gasteiger partial charge in [0, 0.05) is 16.8 Å². The van der Waals surface area contributed by atoms with Crippen LogP contribution < -0.4 is 5.73 Å². The average Bonchev–Trinajstić information content (AvgIpc) is 2.30. The van der Waals surface area contributed by atoms with E-state index < -0.39 is 11.9 Å². The Kier molecular flexibility index (Phi) is 3.71. The standard InChI is InChI=1S/C12H9Cl2FN2O/c13-7-1-6(2-9(15)3-7)11(18)10-4-8(14)5-17-12(10)16/h1-5,11,18H,(H2,16,17). The number of aliphatic hydroxyl groups is 1.